The Morgan fingerprint density at radius 3 is 3.04 bits per heavy atom. The fraction of sp³-hybridized carbons (Fsp3) is 0.211. The summed E-state index contributed by atoms with van der Waals surface area (Å²) >= 11 is 2.95. The van der Waals surface area contributed by atoms with Crippen molar-refractivity contribution in [2.75, 3.05) is 11.1 Å². The van der Waals surface area contributed by atoms with Crippen LogP contribution in [0.1, 0.15) is 22.4 Å². The molecular weight excluding hydrogens is 350 g/mol. The van der Waals surface area contributed by atoms with Gasteiger partial charge in [-0.1, -0.05) is 36.0 Å². The number of nitriles is 1. The fourth-order valence-corrected chi connectivity index (χ4v) is 4.97. The molecule has 1 aliphatic carbocycles. The van der Waals surface area contributed by atoms with Gasteiger partial charge in [0.15, 0.2) is 0 Å². The quantitative estimate of drug-likeness (QED) is 0.697. The van der Waals surface area contributed by atoms with Crippen molar-refractivity contribution >= 4 is 44.9 Å². The zero-order valence-corrected chi connectivity index (χ0v) is 15.0. The molecule has 0 aliphatic heterocycles. The number of hydrogen-bond donors (Lipinski definition) is 1. The first-order chi connectivity index (χ1) is 12.2. The Morgan fingerprint density at radius 1 is 1.28 bits per heavy atom. The van der Waals surface area contributed by atoms with Gasteiger partial charge in [0, 0.05) is 10.3 Å². The van der Waals surface area contributed by atoms with Gasteiger partial charge in [0.25, 0.3) is 0 Å². The van der Waals surface area contributed by atoms with E-state index in [1.165, 1.54) is 16.6 Å². The number of rotatable bonds is 4. The molecule has 25 heavy (non-hydrogen) atoms. The molecule has 0 saturated heterocycles. The Labute approximate surface area is 153 Å². The van der Waals surface area contributed by atoms with Crippen LogP contribution in [0.15, 0.2) is 41.4 Å². The van der Waals surface area contributed by atoms with Crippen LogP contribution in [0.5, 0.6) is 0 Å². The highest BCUT2D eigenvalue weighted by atomic mass is 32.2. The van der Waals surface area contributed by atoms with Crippen molar-refractivity contribution in [1.29, 1.82) is 5.26 Å². The first kappa shape index (κ1) is 16.1. The van der Waals surface area contributed by atoms with Crippen molar-refractivity contribution in [2.24, 2.45) is 0 Å². The summed E-state index contributed by atoms with van der Waals surface area (Å²) in [6.45, 7) is 0. The molecule has 0 fully saturated rings. The number of para-hydroxylation sites is 1. The van der Waals surface area contributed by atoms with Crippen LogP contribution in [0.4, 0.5) is 5.00 Å². The molecule has 2 heterocycles. The smallest absolute Gasteiger partial charge is 0.235 e. The third kappa shape index (κ3) is 3.26. The summed E-state index contributed by atoms with van der Waals surface area (Å²) < 4.78 is 0. The molecule has 2 aromatic heterocycles. The predicted molar refractivity (Wildman–Crippen MR) is 102 cm³/mol. The SMILES string of the molecule is N#Cc1c(NC(=O)CSc2ccc3ccccc3n2)sc2c1CCC2. The summed E-state index contributed by atoms with van der Waals surface area (Å²) in [7, 11) is 0. The van der Waals surface area contributed by atoms with Crippen LogP contribution in [-0.4, -0.2) is 16.6 Å². The molecule has 6 heteroatoms. The number of pyridine rings is 1. The molecule has 0 spiro atoms. The molecule has 0 atom stereocenters. The molecule has 3 aromatic rings. The number of nitrogens with one attached hydrogen (secondary N) is 1. The van der Waals surface area contributed by atoms with Crippen molar-refractivity contribution in [3.63, 3.8) is 0 Å². The van der Waals surface area contributed by atoms with Gasteiger partial charge in [0.1, 0.15) is 11.1 Å². The Morgan fingerprint density at radius 2 is 2.16 bits per heavy atom. The maximum absolute atomic E-state index is 12.3. The lowest BCUT2D eigenvalue weighted by molar-refractivity contribution is -0.113. The van der Waals surface area contributed by atoms with Gasteiger partial charge in [0.05, 0.1) is 21.9 Å². The highest BCUT2D eigenvalue weighted by Gasteiger charge is 2.23. The number of hydrogen-bond acceptors (Lipinski definition) is 5. The first-order valence-corrected chi connectivity index (χ1v) is 9.88. The molecule has 4 nitrogen and oxygen atoms in total. The van der Waals surface area contributed by atoms with Crippen LogP contribution in [-0.2, 0) is 17.6 Å². The molecule has 1 aliphatic rings. The molecule has 0 unspecified atom stereocenters. The van der Waals surface area contributed by atoms with Gasteiger partial charge in [-0.15, -0.1) is 11.3 Å². The Bertz CT molecular complexity index is 1000. The van der Waals surface area contributed by atoms with Gasteiger partial charge >= 0.3 is 0 Å². The van der Waals surface area contributed by atoms with Gasteiger partial charge < -0.3 is 5.32 Å². The normalized spacial score (nSPS) is 12.8. The van der Waals surface area contributed by atoms with Crippen LogP contribution in [0, 0.1) is 11.3 Å². The van der Waals surface area contributed by atoms with E-state index >= 15 is 0 Å². The zero-order chi connectivity index (χ0) is 17.2. The molecule has 0 saturated carbocycles. The minimum Gasteiger partial charge on any atom is -0.316 e. The second-order valence-electron chi connectivity index (χ2n) is 5.85. The molecule has 1 aromatic carbocycles. The summed E-state index contributed by atoms with van der Waals surface area (Å²) in [5.74, 6) is 0.176. The summed E-state index contributed by atoms with van der Waals surface area (Å²) in [5.41, 5.74) is 2.71. The van der Waals surface area contributed by atoms with Gasteiger partial charge in [-0.2, -0.15) is 5.26 Å². The lowest BCUT2D eigenvalue weighted by atomic mass is 10.1. The summed E-state index contributed by atoms with van der Waals surface area (Å²) in [6.07, 6.45) is 3.06. The van der Waals surface area contributed by atoms with Gasteiger partial charge in [-0.05, 0) is 37.0 Å². The van der Waals surface area contributed by atoms with Crippen LogP contribution in [0.25, 0.3) is 10.9 Å². The number of aromatic nitrogens is 1. The van der Waals surface area contributed by atoms with Crippen LogP contribution >= 0.6 is 23.1 Å². The second-order valence-corrected chi connectivity index (χ2v) is 7.95. The van der Waals surface area contributed by atoms with Crippen molar-refractivity contribution in [1.82, 2.24) is 4.98 Å². The number of amides is 1. The van der Waals surface area contributed by atoms with E-state index in [1.807, 2.05) is 36.4 Å². The highest BCUT2D eigenvalue weighted by molar-refractivity contribution is 7.99. The van der Waals surface area contributed by atoms with E-state index in [0.29, 0.717) is 10.6 Å². The number of thioether (sulfide) groups is 1. The number of nitrogens with zero attached hydrogens (tertiary/aromatic N) is 2. The Balaban J connectivity index is 1.43. The van der Waals surface area contributed by atoms with Crippen molar-refractivity contribution in [2.45, 2.75) is 24.3 Å². The summed E-state index contributed by atoms with van der Waals surface area (Å²) in [6, 6.07) is 14.1. The minimum absolute atomic E-state index is 0.101. The third-order valence-corrected chi connectivity index (χ3v) is 6.35. The van der Waals surface area contributed by atoms with E-state index in [2.05, 4.69) is 16.4 Å². The summed E-state index contributed by atoms with van der Waals surface area (Å²) in [5, 5.41) is 14.9. The zero-order valence-electron chi connectivity index (χ0n) is 13.4. The number of thiophene rings is 1. The molecule has 1 amide bonds. The lowest BCUT2D eigenvalue weighted by Gasteiger charge is -2.05. The maximum atomic E-state index is 12.3. The summed E-state index contributed by atoms with van der Waals surface area (Å²) in [4.78, 5) is 18.1. The van der Waals surface area contributed by atoms with Crippen molar-refractivity contribution in [3.05, 3.63) is 52.4 Å². The van der Waals surface area contributed by atoms with Crippen molar-refractivity contribution < 1.29 is 4.79 Å². The van der Waals surface area contributed by atoms with Gasteiger partial charge in [-0.25, -0.2) is 4.98 Å². The third-order valence-electron chi connectivity index (χ3n) is 4.21. The average molecular weight is 365 g/mol. The molecule has 0 bridgehead atoms. The molecule has 124 valence electrons. The number of benzene rings is 1. The molecule has 1 N–H and O–H groups in total. The molecule has 0 radical (unpaired) electrons. The number of carbonyl (C=O) groups is 1. The highest BCUT2D eigenvalue weighted by Crippen LogP contribution is 2.38. The van der Waals surface area contributed by atoms with Crippen LogP contribution < -0.4 is 5.32 Å². The van der Waals surface area contributed by atoms with Crippen LogP contribution in [0.2, 0.25) is 0 Å². The maximum Gasteiger partial charge on any atom is 0.235 e. The van der Waals surface area contributed by atoms with Crippen molar-refractivity contribution in [3.8, 4) is 6.07 Å². The van der Waals surface area contributed by atoms with E-state index in [9.17, 15) is 10.1 Å². The minimum atomic E-state index is -0.101. The number of anilines is 1. The monoisotopic (exact) mass is 365 g/mol. The van der Waals surface area contributed by atoms with E-state index < -0.39 is 0 Å². The largest absolute Gasteiger partial charge is 0.316 e. The fourth-order valence-electron chi connectivity index (χ4n) is 3.04. The van der Waals surface area contributed by atoms with E-state index in [1.54, 1.807) is 11.3 Å². The van der Waals surface area contributed by atoms with E-state index in [-0.39, 0.29) is 11.7 Å². The standard InChI is InChI=1S/C19H15N3OS2/c20-10-14-13-5-3-7-16(13)25-19(14)22-17(23)11-24-18-9-8-12-4-1-2-6-15(12)21-18/h1-2,4,6,8-9H,3,5,7,11H2,(H,22,23). The van der Waals surface area contributed by atoms with Crippen LogP contribution in [0.3, 0.4) is 0 Å². The molecule has 4 rings (SSSR count). The Kier molecular flexibility index (Phi) is 4.43. The molecular formula is C19H15N3OS2. The predicted octanol–water partition coefficient (Wildman–Crippen LogP) is 4.39. The second kappa shape index (κ2) is 6.87. The van der Waals surface area contributed by atoms with Gasteiger partial charge in [0.2, 0.25) is 5.91 Å². The first-order valence-electron chi connectivity index (χ1n) is 8.07. The topological polar surface area (TPSA) is 65.8 Å². The lowest BCUT2D eigenvalue weighted by Crippen LogP contribution is -2.14. The van der Waals surface area contributed by atoms with Gasteiger partial charge in [-0.3, -0.25) is 4.79 Å². The number of carbonyl (C=O) groups excluding carboxylic acids is 1. The number of aryl methyl sites for hydroxylation is 1. The van der Waals surface area contributed by atoms with E-state index in [4.69, 9.17) is 0 Å². The Hall–Kier alpha value is -2.36. The van der Waals surface area contributed by atoms with E-state index in [0.717, 1.165) is 40.8 Å². The average Bonchev–Trinajstić information content (AvgIpc) is 3.20. The number of fused-ring (bicyclic) bond motifs is 2.